The Balaban J connectivity index is 1.93. The van der Waals surface area contributed by atoms with Crippen molar-refractivity contribution in [2.75, 3.05) is 0 Å². The van der Waals surface area contributed by atoms with Gasteiger partial charge in [-0.1, -0.05) is 30.3 Å². The number of carbonyl (C=O) groups is 2. The Morgan fingerprint density at radius 2 is 1.53 bits per heavy atom. The number of Topliss-reactive ketones (excluding diaryl/α,β-unsaturated/α-hetero) is 2. The van der Waals surface area contributed by atoms with E-state index < -0.39 is 5.41 Å². The van der Waals surface area contributed by atoms with E-state index in [4.69, 9.17) is 0 Å². The summed E-state index contributed by atoms with van der Waals surface area (Å²) in [6.45, 7) is 0. The van der Waals surface area contributed by atoms with Crippen LogP contribution in [0, 0.1) is 5.41 Å². The lowest BCUT2D eigenvalue weighted by atomic mass is 9.89. The van der Waals surface area contributed by atoms with Gasteiger partial charge < -0.3 is 0 Å². The molecule has 0 N–H and O–H groups in total. The van der Waals surface area contributed by atoms with Crippen molar-refractivity contribution in [2.24, 2.45) is 5.41 Å². The van der Waals surface area contributed by atoms with Crippen LogP contribution in [-0.2, 0) is 9.59 Å². The molecule has 2 fully saturated rings. The Hall–Kier alpha value is -1.44. The second kappa shape index (κ2) is 3.80. The van der Waals surface area contributed by atoms with Gasteiger partial charge in [-0.15, -0.1) is 0 Å². The predicted molar refractivity (Wildman–Crippen MR) is 64.7 cm³/mol. The average molecular weight is 228 g/mol. The Morgan fingerprint density at radius 1 is 0.941 bits per heavy atom. The second-order valence-electron chi connectivity index (χ2n) is 5.19. The molecule has 0 saturated heterocycles. The summed E-state index contributed by atoms with van der Waals surface area (Å²) in [5.74, 6) is 0.532. The Labute approximate surface area is 101 Å². The minimum absolute atomic E-state index is 0.154. The van der Waals surface area contributed by atoms with Gasteiger partial charge in [-0.2, -0.15) is 0 Å². The van der Waals surface area contributed by atoms with Crippen LogP contribution < -0.4 is 0 Å². The monoisotopic (exact) mass is 228 g/mol. The van der Waals surface area contributed by atoms with E-state index in [1.54, 1.807) is 0 Å². The molecule has 0 bridgehead atoms. The molecular weight excluding hydrogens is 212 g/mol. The summed E-state index contributed by atoms with van der Waals surface area (Å²) in [5, 5.41) is 0. The number of hydrogen-bond donors (Lipinski definition) is 0. The first-order valence-corrected chi connectivity index (χ1v) is 6.37. The zero-order valence-electron chi connectivity index (χ0n) is 9.82. The van der Waals surface area contributed by atoms with Crippen molar-refractivity contribution in [3.63, 3.8) is 0 Å². The van der Waals surface area contributed by atoms with Gasteiger partial charge in [-0.3, -0.25) is 9.59 Å². The van der Waals surface area contributed by atoms with Gasteiger partial charge in [0.15, 0.2) is 0 Å². The molecule has 1 atom stereocenters. The molecule has 2 nitrogen and oxygen atoms in total. The molecule has 1 unspecified atom stereocenters. The van der Waals surface area contributed by atoms with Gasteiger partial charge in [0, 0.05) is 18.8 Å². The minimum atomic E-state index is -0.627. The van der Waals surface area contributed by atoms with Crippen molar-refractivity contribution in [3.8, 4) is 0 Å². The first-order valence-electron chi connectivity index (χ1n) is 6.37. The highest BCUT2D eigenvalue weighted by Crippen LogP contribution is 2.62. The van der Waals surface area contributed by atoms with E-state index in [2.05, 4.69) is 0 Å². The fourth-order valence-electron chi connectivity index (χ4n) is 3.14. The van der Waals surface area contributed by atoms with Gasteiger partial charge in [-0.25, -0.2) is 0 Å². The second-order valence-corrected chi connectivity index (χ2v) is 5.19. The predicted octanol–water partition coefficient (Wildman–Crippen LogP) is 2.87. The van der Waals surface area contributed by atoms with Crippen molar-refractivity contribution >= 4 is 11.6 Å². The van der Waals surface area contributed by atoms with Gasteiger partial charge in [-0.05, 0) is 24.8 Å². The standard InChI is InChI=1S/C15H16O2/c16-13-8-4-5-9-14(17)15(13)10-12(15)11-6-2-1-3-7-11/h1-3,6-7,12H,4-5,8-10H2. The zero-order chi connectivity index (χ0) is 11.9. The summed E-state index contributed by atoms with van der Waals surface area (Å²) in [7, 11) is 0. The van der Waals surface area contributed by atoms with Gasteiger partial charge >= 0.3 is 0 Å². The maximum atomic E-state index is 12.2. The van der Waals surface area contributed by atoms with E-state index in [0.717, 1.165) is 24.8 Å². The third kappa shape index (κ3) is 1.54. The fraction of sp³-hybridized carbons (Fsp3) is 0.467. The normalized spacial score (nSPS) is 26.9. The molecule has 88 valence electrons. The molecule has 2 aliphatic carbocycles. The Kier molecular flexibility index (Phi) is 2.39. The lowest BCUT2D eigenvalue weighted by Gasteiger charge is -2.11. The number of hydrogen-bond acceptors (Lipinski definition) is 2. The van der Waals surface area contributed by atoms with Crippen molar-refractivity contribution in [3.05, 3.63) is 35.9 Å². The number of carbonyl (C=O) groups excluding carboxylic acids is 2. The van der Waals surface area contributed by atoms with Crippen LogP contribution in [-0.4, -0.2) is 11.6 Å². The topological polar surface area (TPSA) is 34.1 Å². The molecule has 1 aromatic rings. The first kappa shape index (κ1) is 10.7. The summed E-state index contributed by atoms with van der Waals surface area (Å²) in [6, 6.07) is 9.99. The van der Waals surface area contributed by atoms with Crippen LogP contribution in [0.4, 0.5) is 0 Å². The van der Waals surface area contributed by atoms with E-state index in [9.17, 15) is 9.59 Å². The van der Waals surface area contributed by atoms with Crippen molar-refractivity contribution in [1.82, 2.24) is 0 Å². The van der Waals surface area contributed by atoms with Crippen LogP contribution in [0.25, 0.3) is 0 Å². The molecule has 0 aliphatic heterocycles. The van der Waals surface area contributed by atoms with Crippen LogP contribution in [0.15, 0.2) is 30.3 Å². The van der Waals surface area contributed by atoms with Crippen LogP contribution in [0.1, 0.15) is 43.6 Å². The van der Waals surface area contributed by atoms with Crippen LogP contribution >= 0.6 is 0 Å². The van der Waals surface area contributed by atoms with E-state index in [1.165, 1.54) is 0 Å². The third-order valence-corrected chi connectivity index (χ3v) is 4.22. The first-order chi connectivity index (χ1) is 8.25. The molecular formula is C15H16O2. The smallest absolute Gasteiger partial charge is 0.147 e. The molecule has 2 aliphatic rings. The molecule has 2 heteroatoms. The average Bonchev–Trinajstić information content (AvgIpc) is 3.12. The fourth-order valence-corrected chi connectivity index (χ4v) is 3.14. The molecule has 17 heavy (non-hydrogen) atoms. The molecule has 0 amide bonds. The lowest BCUT2D eigenvalue weighted by molar-refractivity contribution is -0.133. The Morgan fingerprint density at radius 3 is 2.12 bits per heavy atom. The highest BCUT2D eigenvalue weighted by atomic mass is 16.2. The third-order valence-electron chi connectivity index (χ3n) is 4.22. The van der Waals surface area contributed by atoms with E-state index in [1.807, 2.05) is 30.3 Å². The summed E-state index contributed by atoms with van der Waals surface area (Å²) in [5.41, 5.74) is 0.522. The van der Waals surface area contributed by atoms with Gasteiger partial charge in [0.25, 0.3) is 0 Å². The molecule has 1 spiro atoms. The molecule has 0 aromatic heterocycles. The van der Waals surface area contributed by atoms with Crippen molar-refractivity contribution in [2.45, 2.75) is 38.0 Å². The highest BCUT2D eigenvalue weighted by Gasteiger charge is 2.64. The molecule has 3 rings (SSSR count). The van der Waals surface area contributed by atoms with Gasteiger partial charge in [0.1, 0.15) is 11.6 Å². The summed E-state index contributed by atoms with van der Waals surface area (Å²) >= 11 is 0. The summed E-state index contributed by atoms with van der Waals surface area (Å²) in [6.07, 6.45) is 3.69. The maximum absolute atomic E-state index is 12.2. The molecule has 1 aromatic carbocycles. The maximum Gasteiger partial charge on any atom is 0.147 e. The SMILES string of the molecule is O=C1CCCCC(=O)C12CC2c1ccccc1. The molecule has 2 saturated carbocycles. The highest BCUT2D eigenvalue weighted by molar-refractivity contribution is 6.12. The van der Waals surface area contributed by atoms with Crippen LogP contribution in [0.2, 0.25) is 0 Å². The van der Waals surface area contributed by atoms with E-state index >= 15 is 0 Å². The Bertz CT molecular complexity index is 443. The number of rotatable bonds is 1. The number of benzene rings is 1. The quantitative estimate of drug-likeness (QED) is 0.693. The van der Waals surface area contributed by atoms with Crippen LogP contribution in [0.5, 0.6) is 0 Å². The minimum Gasteiger partial charge on any atom is -0.299 e. The van der Waals surface area contributed by atoms with Gasteiger partial charge in [0.2, 0.25) is 0 Å². The van der Waals surface area contributed by atoms with E-state index in [0.29, 0.717) is 12.8 Å². The van der Waals surface area contributed by atoms with Crippen molar-refractivity contribution < 1.29 is 9.59 Å². The van der Waals surface area contributed by atoms with Crippen molar-refractivity contribution in [1.29, 1.82) is 0 Å². The van der Waals surface area contributed by atoms with Crippen LogP contribution in [0.3, 0.4) is 0 Å². The summed E-state index contributed by atoms with van der Waals surface area (Å²) in [4.78, 5) is 24.3. The zero-order valence-corrected chi connectivity index (χ0v) is 9.82. The van der Waals surface area contributed by atoms with Gasteiger partial charge in [0.05, 0.1) is 5.41 Å². The molecule has 0 radical (unpaired) electrons. The largest absolute Gasteiger partial charge is 0.299 e. The molecule has 0 heterocycles. The number of ketones is 2. The summed E-state index contributed by atoms with van der Waals surface area (Å²) < 4.78 is 0. The lowest BCUT2D eigenvalue weighted by Crippen LogP contribution is -2.25. The van der Waals surface area contributed by atoms with E-state index in [-0.39, 0.29) is 17.5 Å².